The lowest BCUT2D eigenvalue weighted by Crippen LogP contribution is -2.54. The average molecular weight is 269 g/mol. The van der Waals surface area contributed by atoms with Crippen LogP contribution < -0.4 is 10.6 Å². The molecule has 3 amide bonds. The average Bonchev–Trinajstić information content (AvgIpc) is 3.14. The van der Waals surface area contributed by atoms with Gasteiger partial charge in [0.2, 0.25) is 5.91 Å². The van der Waals surface area contributed by atoms with Crippen molar-refractivity contribution in [3.05, 3.63) is 0 Å². The van der Waals surface area contributed by atoms with Crippen LogP contribution in [0.1, 0.15) is 25.7 Å². The highest BCUT2D eigenvalue weighted by Gasteiger charge is 2.37. The van der Waals surface area contributed by atoms with Crippen molar-refractivity contribution in [3.63, 3.8) is 0 Å². The van der Waals surface area contributed by atoms with Crippen molar-refractivity contribution in [2.75, 3.05) is 13.6 Å². The van der Waals surface area contributed by atoms with Crippen molar-refractivity contribution in [2.24, 2.45) is 5.92 Å². The van der Waals surface area contributed by atoms with Gasteiger partial charge in [0.05, 0.1) is 0 Å². The molecular weight excluding hydrogens is 250 g/mol. The molecule has 3 N–H and O–H groups in total. The second-order valence-electron chi connectivity index (χ2n) is 5.28. The molecule has 1 saturated carbocycles. The third-order valence-corrected chi connectivity index (χ3v) is 3.61. The van der Waals surface area contributed by atoms with Gasteiger partial charge in [0.1, 0.15) is 6.04 Å². The number of hydrogen-bond acceptors (Lipinski definition) is 3. The molecule has 1 heterocycles. The number of rotatable bonds is 4. The van der Waals surface area contributed by atoms with Gasteiger partial charge in [0, 0.05) is 26.1 Å². The van der Waals surface area contributed by atoms with Crippen LogP contribution in [0, 0.1) is 5.92 Å². The van der Waals surface area contributed by atoms with Gasteiger partial charge in [0.15, 0.2) is 0 Å². The van der Waals surface area contributed by atoms with E-state index in [-0.39, 0.29) is 17.9 Å². The standard InChI is InChI=1S/C12H19N3O4/c1-15-6-8(4-5-9(15)16)13-12(19)14-10(11(17)18)7-2-3-7/h7-8,10H,2-6H2,1H3,(H,17,18)(H2,13,14,19). The van der Waals surface area contributed by atoms with E-state index in [1.807, 2.05) is 0 Å². The fourth-order valence-electron chi connectivity index (χ4n) is 2.31. The summed E-state index contributed by atoms with van der Waals surface area (Å²) in [6.07, 6.45) is 2.69. The van der Waals surface area contributed by atoms with Crippen LogP contribution in [0.15, 0.2) is 0 Å². The predicted molar refractivity (Wildman–Crippen MR) is 66.5 cm³/mol. The van der Waals surface area contributed by atoms with E-state index >= 15 is 0 Å². The number of piperidine rings is 1. The lowest BCUT2D eigenvalue weighted by atomic mass is 10.1. The number of likely N-dealkylation sites (N-methyl/N-ethyl adjacent to an activating group) is 1. The summed E-state index contributed by atoms with van der Waals surface area (Å²) in [7, 11) is 1.69. The Labute approximate surface area is 111 Å². The van der Waals surface area contributed by atoms with Gasteiger partial charge in [-0.25, -0.2) is 9.59 Å². The molecule has 0 aromatic carbocycles. The number of likely N-dealkylation sites (tertiary alicyclic amines) is 1. The maximum absolute atomic E-state index is 11.8. The number of carboxylic acids is 1. The molecule has 0 aromatic rings. The molecule has 1 aliphatic carbocycles. The molecule has 0 spiro atoms. The van der Waals surface area contributed by atoms with Crippen molar-refractivity contribution < 1.29 is 19.5 Å². The second kappa shape index (κ2) is 5.46. The Kier molecular flexibility index (Phi) is 3.92. The van der Waals surface area contributed by atoms with Crippen LogP contribution in [0.2, 0.25) is 0 Å². The summed E-state index contributed by atoms with van der Waals surface area (Å²) in [6, 6.07) is -1.38. The molecule has 2 atom stereocenters. The SMILES string of the molecule is CN1CC(NC(=O)NC(C(=O)O)C2CC2)CCC1=O. The molecule has 7 heteroatoms. The highest BCUT2D eigenvalue weighted by Crippen LogP contribution is 2.32. The number of carboxylic acid groups (broad SMARTS) is 1. The maximum Gasteiger partial charge on any atom is 0.326 e. The molecule has 2 fully saturated rings. The van der Waals surface area contributed by atoms with Gasteiger partial charge in [-0.2, -0.15) is 0 Å². The number of amides is 3. The molecule has 1 saturated heterocycles. The number of hydrogen-bond donors (Lipinski definition) is 3. The monoisotopic (exact) mass is 269 g/mol. The van der Waals surface area contributed by atoms with Gasteiger partial charge in [-0.3, -0.25) is 4.79 Å². The number of carbonyl (C=O) groups excluding carboxylic acids is 2. The number of nitrogens with zero attached hydrogens (tertiary/aromatic N) is 1. The Balaban J connectivity index is 1.80. The maximum atomic E-state index is 11.8. The van der Waals surface area contributed by atoms with E-state index in [0.29, 0.717) is 19.4 Å². The van der Waals surface area contributed by atoms with Gasteiger partial charge in [-0.1, -0.05) is 0 Å². The minimum absolute atomic E-state index is 0.0545. The minimum Gasteiger partial charge on any atom is -0.480 e. The number of urea groups is 1. The Morgan fingerprint density at radius 2 is 2.05 bits per heavy atom. The molecule has 7 nitrogen and oxygen atoms in total. The van der Waals surface area contributed by atoms with Crippen LogP contribution in [-0.4, -0.2) is 53.6 Å². The fraction of sp³-hybridized carbons (Fsp3) is 0.750. The van der Waals surface area contributed by atoms with Crippen molar-refractivity contribution in [1.29, 1.82) is 0 Å². The van der Waals surface area contributed by atoms with Gasteiger partial charge >= 0.3 is 12.0 Å². The fourth-order valence-corrected chi connectivity index (χ4v) is 2.31. The van der Waals surface area contributed by atoms with Gasteiger partial charge in [-0.15, -0.1) is 0 Å². The lowest BCUT2D eigenvalue weighted by molar-refractivity contribution is -0.139. The second-order valence-corrected chi connectivity index (χ2v) is 5.28. The van der Waals surface area contributed by atoms with E-state index in [0.717, 1.165) is 12.8 Å². The summed E-state index contributed by atoms with van der Waals surface area (Å²) in [6.45, 7) is 0.466. The summed E-state index contributed by atoms with van der Waals surface area (Å²) < 4.78 is 0. The highest BCUT2D eigenvalue weighted by molar-refractivity contribution is 5.83. The topological polar surface area (TPSA) is 98.7 Å². The summed E-state index contributed by atoms with van der Waals surface area (Å²) in [5.41, 5.74) is 0. The zero-order valence-corrected chi connectivity index (χ0v) is 10.9. The van der Waals surface area contributed by atoms with Crippen molar-refractivity contribution >= 4 is 17.9 Å². The molecule has 2 aliphatic rings. The van der Waals surface area contributed by atoms with Crippen LogP contribution in [0.5, 0.6) is 0 Å². The van der Waals surface area contributed by atoms with Crippen molar-refractivity contribution in [2.45, 2.75) is 37.8 Å². The van der Waals surface area contributed by atoms with E-state index in [4.69, 9.17) is 5.11 Å². The third-order valence-electron chi connectivity index (χ3n) is 3.61. The largest absolute Gasteiger partial charge is 0.480 e. The number of aliphatic carboxylic acids is 1. The summed E-state index contributed by atoms with van der Waals surface area (Å²) in [5, 5.41) is 14.2. The molecule has 0 bridgehead atoms. The molecule has 1 aliphatic heterocycles. The molecule has 0 radical (unpaired) electrons. The van der Waals surface area contributed by atoms with Crippen LogP contribution in [0.3, 0.4) is 0 Å². The zero-order valence-electron chi connectivity index (χ0n) is 10.9. The van der Waals surface area contributed by atoms with Crippen LogP contribution in [0.4, 0.5) is 4.79 Å². The Morgan fingerprint density at radius 1 is 1.37 bits per heavy atom. The first-order chi connectivity index (χ1) is 8.97. The minimum atomic E-state index is -0.992. The number of nitrogens with one attached hydrogen (secondary N) is 2. The number of carbonyl (C=O) groups is 3. The highest BCUT2D eigenvalue weighted by atomic mass is 16.4. The molecular formula is C12H19N3O4. The van der Waals surface area contributed by atoms with E-state index < -0.39 is 18.0 Å². The first-order valence-corrected chi connectivity index (χ1v) is 6.51. The van der Waals surface area contributed by atoms with Gasteiger partial charge in [0.25, 0.3) is 0 Å². The van der Waals surface area contributed by atoms with E-state index in [1.54, 1.807) is 11.9 Å². The van der Waals surface area contributed by atoms with Crippen LogP contribution in [-0.2, 0) is 9.59 Å². The summed E-state index contributed by atoms with van der Waals surface area (Å²) in [5.74, 6) is -0.868. The molecule has 2 rings (SSSR count). The van der Waals surface area contributed by atoms with Crippen LogP contribution in [0.25, 0.3) is 0 Å². The Bertz CT molecular complexity index is 394. The Morgan fingerprint density at radius 3 is 2.58 bits per heavy atom. The van der Waals surface area contributed by atoms with Crippen LogP contribution >= 0.6 is 0 Å². The Hall–Kier alpha value is -1.79. The smallest absolute Gasteiger partial charge is 0.326 e. The summed E-state index contributed by atoms with van der Waals surface area (Å²) >= 11 is 0. The van der Waals surface area contributed by atoms with Crippen molar-refractivity contribution in [3.8, 4) is 0 Å². The zero-order chi connectivity index (χ0) is 14.0. The molecule has 19 heavy (non-hydrogen) atoms. The molecule has 0 aromatic heterocycles. The van der Waals surface area contributed by atoms with E-state index in [1.165, 1.54) is 0 Å². The first-order valence-electron chi connectivity index (χ1n) is 6.51. The van der Waals surface area contributed by atoms with Gasteiger partial charge in [-0.05, 0) is 25.2 Å². The van der Waals surface area contributed by atoms with E-state index in [2.05, 4.69) is 10.6 Å². The first kappa shape index (κ1) is 13.6. The normalized spacial score (nSPS) is 24.8. The lowest BCUT2D eigenvalue weighted by Gasteiger charge is -2.30. The molecule has 106 valence electrons. The molecule has 2 unspecified atom stereocenters. The van der Waals surface area contributed by atoms with Crippen molar-refractivity contribution in [1.82, 2.24) is 15.5 Å². The summed E-state index contributed by atoms with van der Waals surface area (Å²) in [4.78, 5) is 35.6. The van der Waals surface area contributed by atoms with E-state index in [9.17, 15) is 14.4 Å². The third kappa shape index (κ3) is 3.59. The quantitative estimate of drug-likeness (QED) is 0.656. The van der Waals surface area contributed by atoms with Gasteiger partial charge < -0.3 is 20.6 Å². The predicted octanol–water partition coefficient (Wildman–Crippen LogP) is -0.230.